The lowest BCUT2D eigenvalue weighted by atomic mass is 9.98. The Labute approximate surface area is 124 Å². The molecule has 114 valence electrons. The van der Waals surface area contributed by atoms with Crippen molar-refractivity contribution < 1.29 is 19.4 Å². The van der Waals surface area contributed by atoms with Gasteiger partial charge in [0.1, 0.15) is 5.75 Å². The Kier molecular flexibility index (Phi) is 4.83. The second kappa shape index (κ2) is 6.61. The highest BCUT2D eigenvalue weighted by Gasteiger charge is 2.34. The van der Waals surface area contributed by atoms with Gasteiger partial charge in [-0.15, -0.1) is 0 Å². The zero-order valence-electron chi connectivity index (χ0n) is 12.3. The minimum Gasteiger partial charge on any atom is -0.497 e. The number of amides is 1. The van der Waals surface area contributed by atoms with Gasteiger partial charge < -0.3 is 15.2 Å². The molecule has 1 fully saturated rings. The van der Waals surface area contributed by atoms with Gasteiger partial charge in [0.2, 0.25) is 5.91 Å². The number of nitrogens with one attached hydrogen (secondary N) is 1. The van der Waals surface area contributed by atoms with E-state index in [1.54, 1.807) is 7.11 Å². The van der Waals surface area contributed by atoms with E-state index in [4.69, 9.17) is 9.84 Å². The molecule has 1 aromatic rings. The van der Waals surface area contributed by atoms with Gasteiger partial charge in [0.05, 0.1) is 18.9 Å². The van der Waals surface area contributed by atoms with Crippen molar-refractivity contribution in [3.8, 4) is 5.75 Å². The van der Waals surface area contributed by atoms with E-state index in [-0.39, 0.29) is 17.9 Å². The second-order valence-electron chi connectivity index (χ2n) is 5.49. The Morgan fingerprint density at radius 2 is 2.14 bits per heavy atom. The molecule has 0 bridgehead atoms. The predicted molar refractivity (Wildman–Crippen MR) is 78.3 cm³/mol. The third-order valence-electron chi connectivity index (χ3n) is 4.15. The highest BCUT2D eigenvalue weighted by molar-refractivity contribution is 5.84. The number of benzene rings is 1. The van der Waals surface area contributed by atoms with E-state index in [1.165, 1.54) is 0 Å². The van der Waals surface area contributed by atoms with E-state index in [9.17, 15) is 9.59 Å². The maximum atomic E-state index is 12.3. The Morgan fingerprint density at radius 3 is 2.81 bits per heavy atom. The van der Waals surface area contributed by atoms with Crippen LogP contribution in [0, 0.1) is 5.92 Å². The van der Waals surface area contributed by atoms with E-state index in [1.807, 2.05) is 31.2 Å². The van der Waals surface area contributed by atoms with Crippen molar-refractivity contribution in [2.45, 2.75) is 38.1 Å². The van der Waals surface area contributed by atoms with Crippen LogP contribution in [0.4, 0.5) is 0 Å². The van der Waals surface area contributed by atoms with Gasteiger partial charge in [0.15, 0.2) is 0 Å². The zero-order valence-corrected chi connectivity index (χ0v) is 12.3. The molecule has 21 heavy (non-hydrogen) atoms. The van der Waals surface area contributed by atoms with Gasteiger partial charge in [-0.2, -0.15) is 0 Å². The van der Waals surface area contributed by atoms with E-state index in [0.29, 0.717) is 12.2 Å². The largest absolute Gasteiger partial charge is 0.497 e. The fraction of sp³-hybridized carbons (Fsp3) is 0.500. The molecule has 1 amide bonds. The number of carboxylic acids is 1. The normalized spacial score (nSPS) is 22.6. The molecule has 0 saturated heterocycles. The van der Waals surface area contributed by atoms with Crippen molar-refractivity contribution >= 4 is 11.9 Å². The summed E-state index contributed by atoms with van der Waals surface area (Å²) in [6.07, 6.45) is 2.21. The molecule has 0 aliphatic heterocycles. The summed E-state index contributed by atoms with van der Waals surface area (Å²) in [5.41, 5.74) is 0.858. The lowest BCUT2D eigenvalue weighted by molar-refractivity contribution is -0.142. The second-order valence-corrected chi connectivity index (χ2v) is 5.49. The molecule has 1 saturated carbocycles. The highest BCUT2D eigenvalue weighted by atomic mass is 16.5. The molecule has 5 nitrogen and oxygen atoms in total. The molecule has 1 unspecified atom stereocenters. The summed E-state index contributed by atoms with van der Waals surface area (Å²) in [6.45, 7) is 1.81. The molecule has 0 aromatic heterocycles. The fourth-order valence-corrected chi connectivity index (χ4v) is 2.80. The molecule has 1 aromatic carbocycles. The van der Waals surface area contributed by atoms with E-state index in [0.717, 1.165) is 18.4 Å². The van der Waals surface area contributed by atoms with Crippen molar-refractivity contribution in [2.24, 2.45) is 5.92 Å². The number of hydrogen-bond acceptors (Lipinski definition) is 3. The summed E-state index contributed by atoms with van der Waals surface area (Å²) in [6, 6.07) is 7.10. The summed E-state index contributed by atoms with van der Waals surface area (Å²) >= 11 is 0. The third kappa shape index (κ3) is 3.54. The topological polar surface area (TPSA) is 75.6 Å². The first-order chi connectivity index (χ1) is 10.0. The molecule has 0 radical (unpaired) electrons. The summed E-state index contributed by atoms with van der Waals surface area (Å²) in [4.78, 5) is 23.5. The molecule has 3 atom stereocenters. The predicted octanol–water partition coefficient (Wildman–Crippen LogP) is 2.17. The summed E-state index contributed by atoms with van der Waals surface area (Å²) in [5.74, 6) is -1.06. The first-order valence-corrected chi connectivity index (χ1v) is 7.20. The summed E-state index contributed by atoms with van der Waals surface area (Å²) in [5, 5.41) is 12.0. The quantitative estimate of drug-likeness (QED) is 0.871. The molecule has 2 N–H and O–H groups in total. The fourth-order valence-electron chi connectivity index (χ4n) is 2.80. The number of ether oxygens (including phenoxy) is 1. The van der Waals surface area contributed by atoms with Crippen molar-refractivity contribution in [3.05, 3.63) is 29.8 Å². The zero-order chi connectivity index (χ0) is 15.4. The van der Waals surface area contributed by atoms with Crippen LogP contribution < -0.4 is 10.1 Å². The van der Waals surface area contributed by atoms with Crippen LogP contribution in [-0.4, -0.2) is 30.1 Å². The van der Waals surface area contributed by atoms with Crippen molar-refractivity contribution in [1.29, 1.82) is 0 Å². The van der Waals surface area contributed by atoms with Gasteiger partial charge in [-0.25, -0.2) is 0 Å². The molecule has 5 heteroatoms. The van der Waals surface area contributed by atoms with Gasteiger partial charge >= 0.3 is 5.97 Å². The average molecular weight is 291 g/mol. The number of carbonyl (C=O) groups is 2. The van der Waals surface area contributed by atoms with Crippen LogP contribution in [0.25, 0.3) is 0 Å². The summed E-state index contributed by atoms with van der Waals surface area (Å²) in [7, 11) is 1.58. The van der Waals surface area contributed by atoms with Crippen LogP contribution in [-0.2, 0) is 9.59 Å². The number of aliphatic carboxylic acids is 1. The van der Waals surface area contributed by atoms with Crippen molar-refractivity contribution in [3.63, 3.8) is 0 Å². The van der Waals surface area contributed by atoms with Gasteiger partial charge in [0.25, 0.3) is 0 Å². The van der Waals surface area contributed by atoms with Crippen LogP contribution in [0.15, 0.2) is 24.3 Å². The molecular formula is C16H21NO4. The first kappa shape index (κ1) is 15.4. The van der Waals surface area contributed by atoms with Gasteiger partial charge in [0, 0.05) is 6.04 Å². The Hall–Kier alpha value is -2.04. The molecule has 2 rings (SSSR count). The van der Waals surface area contributed by atoms with Crippen LogP contribution in [0.2, 0.25) is 0 Å². The van der Waals surface area contributed by atoms with E-state index < -0.39 is 11.9 Å². The smallest absolute Gasteiger partial charge is 0.308 e. The van der Waals surface area contributed by atoms with Gasteiger partial charge in [-0.1, -0.05) is 18.6 Å². The molecule has 0 spiro atoms. The Balaban J connectivity index is 2.03. The highest BCUT2D eigenvalue weighted by Crippen LogP contribution is 2.27. The number of hydrogen-bond donors (Lipinski definition) is 2. The third-order valence-corrected chi connectivity index (χ3v) is 4.15. The molecular weight excluding hydrogens is 270 g/mol. The summed E-state index contributed by atoms with van der Waals surface area (Å²) < 4.78 is 5.16. The Bertz CT molecular complexity index is 529. The Morgan fingerprint density at radius 1 is 1.38 bits per heavy atom. The minimum atomic E-state index is -0.827. The first-order valence-electron chi connectivity index (χ1n) is 7.20. The van der Waals surface area contributed by atoms with Gasteiger partial charge in [-0.3, -0.25) is 9.59 Å². The van der Waals surface area contributed by atoms with Crippen molar-refractivity contribution in [2.75, 3.05) is 7.11 Å². The van der Waals surface area contributed by atoms with E-state index in [2.05, 4.69) is 5.32 Å². The average Bonchev–Trinajstić information content (AvgIpc) is 2.94. The van der Waals surface area contributed by atoms with Crippen molar-refractivity contribution in [1.82, 2.24) is 5.32 Å². The van der Waals surface area contributed by atoms with Crippen LogP contribution in [0.1, 0.15) is 37.7 Å². The maximum absolute atomic E-state index is 12.3. The number of carboxylic acid groups (broad SMARTS) is 1. The lowest BCUT2D eigenvalue weighted by Gasteiger charge is -2.20. The van der Waals surface area contributed by atoms with Crippen LogP contribution in [0.3, 0.4) is 0 Å². The van der Waals surface area contributed by atoms with Crippen LogP contribution >= 0.6 is 0 Å². The SMILES string of the molecule is COc1cccc(C(C)C(=O)N[C@@H]2CCC[C@@H]2C(=O)O)c1. The minimum absolute atomic E-state index is 0.138. The molecule has 0 heterocycles. The number of methoxy groups -OCH3 is 1. The lowest BCUT2D eigenvalue weighted by Crippen LogP contribution is -2.41. The van der Waals surface area contributed by atoms with Crippen LogP contribution in [0.5, 0.6) is 5.75 Å². The molecule has 1 aliphatic carbocycles. The number of carbonyl (C=O) groups excluding carboxylic acids is 1. The molecule has 1 aliphatic rings. The standard InChI is InChI=1S/C16H21NO4/c1-10(11-5-3-6-12(9-11)21-2)15(18)17-14-8-4-7-13(14)16(19)20/h3,5-6,9-10,13-14H,4,7-8H2,1-2H3,(H,17,18)(H,19,20)/t10?,13-,14+/m0/s1. The number of rotatable bonds is 5. The monoisotopic (exact) mass is 291 g/mol. The van der Waals surface area contributed by atoms with Gasteiger partial charge in [-0.05, 0) is 37.5 Å². The van der Waals surface area contributed by atoms with E-state index >= 15 is 0 Å². The maximum Gasteiger partial charge on any atom is 0.308 e.